The number of nitrogens with two attached hydrogens (primary N) is 1. The highest BCUT2D eigenvalue weighted by atomic mass is 16.6. The molecule has 0 aliphatic heterocycles. The number of rotatable bonds is 2. The van der Waals surface area contributed by atoms with Crippen LogP contribution in [0.15, 0.2) is 18.2 Å². The summed E-state index contributed by atoms with van der Waals surface area (Å²) in [5.74, 6) is 0.105. The van der Waals surface area contributed by atoms with Crippen LogP contribution in [0, 0.1) is 0 Å². The summed E-state index contributed by atoms with van der Waals surface area (Å²) in [6.45, 7) is 9.61. The Hall–Kier alpha value is -2.04. The molecule has 0 bridgehead atoms. The predicted molar refractivity (Wildman–Crippen MR) is 79.7 cm³/mol. The number of hydrogen-bond acceptors (Lipinski definition) is 4. The quantitative estimate of drug-likeness (QED) is 0.855. The molecule has 0 saturated heterocycles. The minimum Gasteiger partial charge on any atom is -0.456 e. The van der Waals surface area contributed by atoms with Crippen molar-refractivity contribution >= 4 is 23.0 Å². The zero-order chi connectivity index (χ0) is 15.1. The molecule has 5 nitrogen and oxygen atoms in total. The number of anilines is 1. The van der Waals surface area contributed by atoms with E-state index in [1.54, 1.807) is 12.1 Å². The summed E-state index contributed by atoms with van der Waals surface area (Å²) in [6.07, 6.45) is 0. The number of carbonyl (C=O) groups is 1. The molecule has 2 aromatic rings. The summed E-state index contributed by atoms with van der Waals surface area (Å²) >= 11 is 0. The number of benzene rings is 1. The second-order valence-electron chi connectivity index (χ2n) is 6.14. The molecule has 0 fully saturated rings. The number of esters is 1. The van der Waals surface area contributed by atoms with Crippen molar-refractivity contribution in [2.75, 3.05) is 5.73 Å². The van der Waals surface area contributed by atoms with Crippen LogP contribution >= 0.6 is 0 Å². The number of imidazole rings is 1. The Bertz CT molecular complexity index is 651. The number of carbonyl (C=O) groups excluding carboxylic acids is 1. The van der Waals surface area contributed by atoms with Gasteiger partial charge in [-0.2, -0.15) is 0 Å². The lowest BCUT2D eigenvalue weighted by atomic mass is 10.1. The molecule has 5 heteroatoms. The van der Waals surface area contributed by atoms with Crippen LogP contribution in [0.4, 0.5) is 5.95 Å². The molecule has 0 aliphatic carbocycles. The third-order valence-corrected chi connectivity index (χ3v) is 2.87. The SMILES string of the molecule is CC(C)n1c(N)nc2cc(C(=O)OC(C)(C)C)ccc21. The molecule has 0 aliphatic rings. The van der Waals surface area contributed by atoms with Crippen molar-refractivity contribution in [3.8, 4) is 0 Å². The zero-order valence-corrected chi connectivity index (χ0v) is 12.6. The molecule has 0 amide bonds. The molecule has 2 rings (SSSR count). The smallest absolute Gasteiger partial charge is 0.338 e. The molecular formula is C15H21N3O2. The lowest BCUT2D eigenvalue weighted by Crippen LogP contribution is -2.23. The van der Waals surface area contributed by atoms with Gasteiger partial charge in [-0.15, -0.1) is 0 Å². The first-order chi connectivity index (χ1) is 9.19. The van der Waals surface area contributed by atoms with Crippen molar-refractivity contribution in [3.05, 3.63) is 23.8 Å². The van der Waals surface area contributed by atoms with E-state index in [2.05, 4.69) is 4.98 Å². The van der Waals surface area contributed by atoms with E-state index in [0.29, 0.717) is 17.0 Å². The number of nitrogen functional groups attached to an aromatic ring is 1. The molecule has 0 radical (unpaired) electrons. The van der Waals surface area contributed by atoms with Gasteiger partial charge in [-0.05, 0) is 52.8 Å². The highest BCUT2D eigenvalue weighted by molar-refractivity contribution is 5.94. The van der Waals surface area contributed by atoms with Gasteiger partial charge in [-0.3, -0.25) is 0 Å². The van der Waals surface area contributed by atoms with Crippen LogP contribution in [0.5, 0.6) is 0 Å². The molecule has 20 heavy (non-hydrogen) atoms. The van der Waals surface area contributed by atoms with Crippen LogP contribution in [0.3, 0.4) is 0 Å². The van der Waals surface area contributed by atoms with Crippen molar-refractivity contribution in [2.24, 2.45) is 0 Å². The van der Waals surface area contributed by atoms with Crippen molar-refractivity contribution in [1.29, 1.82) is 0 Å². The molecule has 108 valence electrons. The Balaban J connectivity index is 2.43. The number of aromatic nitrogens is 2. The topological polar surface area (TPSA) is 70.1 Å². The Kier molecular flexibility index (Phi) is 3.46. The van der Waals surface area contributed by atoms with E-state index in [0.717, 1.165) is 5.52 Å². The molecule has 0 saturated carbocycles. The predicted octanol–water partition coefficient (Wildman–Crippen LogP) is 3.15. The van der Waals surface area contributed by atoms with Gasteiger partial charge in [-0.1, -0.05) is 0 Å². The number of fused-ring (bicyclic) bond motifs is 1. The summed E-state index contributed by atoms with van der Waals surface area (Å²) in [5, 5.41) is 0. The maximum Gasteiger partial charge on any atom is 0.338 e. The van der Waals surface area contributed by atoms with Gasteiger partial charge in [0.15, 0.2) is 0 Å². The number of ether oxygens (including phenoxy) is 1. The standard InChI is InChI=1S/C15H21N3O2/c1-9(2)18-12-7-6-10(8-11(12)17-14(18)16)13(19)20-15(3,4)5/h6-9H,1-5H3,(H2,16,17). The van der Waals surface area contributed by atoms with E-state index in [9.17, 15) is 4.79 Å². The summed E-state index contributed by atoms with van der Waals surface area (Å²) in [7, 11) is 0. The molecule has 0 atom stereocenters. The highest BCUT2D eigenvalue weighted by Gasteiger charge is 2.19. The number of hydrogen-bond donors (Lipinski definition) is 1. The Morgan fingerprint density at radius 3 is 2.55 bits per heavy atom. The van der Waals surface area contributed by atoms with E-state index in [-0.39, 0.29) is 12.0 Å². The average Bonchev–Trinajstić information content (AvgIpc) is 2.61. The fraction of sp³-hybridized carbons (Fsp3) is 0.467. The molecule has 0 spiro atoms. The minimum atomic E-state index is -0.512. The van der Waals surface area contributed by atoms with E-state index >= 15 is 0 Å². The van der Waals surface area contributed by atoms with E-state index < -0.39 is 5.60 Å². The van der Waals surface area contributed by atoms with Crippen molar-refractivity contribution in [1.82, 2.24) is 9.55 Å². The van der Waals surface area contributed by atoms with E-state index in [1.165, 1.54) is 0 Å². The highest BCUT2D eigenvalue weighted by Crippen LogP contribution is 2.24. The average molecular weight is 275 g/mol. The van der Waals surface area contributed by atoms with Crippen LogP contribution in [-0.2, 0) is 4.74 Å². The van der Waals surface area contributed by atoms with Crippen LogP contribution in [0.25, 0.3) is 11.0 Å². The maximum atomic E-state index is 12.0. The van der Waals surface area contributed by atoms with Gasteiger partial charge < -0.3 is 15.0 Å². The lowest BCUT2D eigenvalue weighted by Gasteiger charge is -2.19. The molecule has 1 aromatic carbocycles. The first kappa shape index (κ1) is 14.4. The van der Waals surface area contributed by atoms with E-state index in [4.69, 9.17) is 10.5 Å². The largest absolute Gasteiger partial charge is 0.456 e. The van der Waals surface area contributed by atoms with Crippen LogP contribution in [0.1, 0.15) is 51.0 Å². The second kappa shape index (κ2) is 4.81. The monoisotopic (exact) mass is 275 g/mol. The molecule has 2 N–H and O–H groups in total. The van der Waals surface area contributed by atoms with Gasteiger partial charge in [0.05, 0.1) is 16.6 Å². The van der Waals surface area contributed by atoms with E-state index in [1.807, 2.05) is 45.3 Å². The Morgan fingerprint density at radius 2 is 2.00 bits per heavy atom. The summed E-state index contributed by atoms with van der Waals surface area (Å²) < 4.78 is 7.29. The molecule has 0 unspecified atom stereocenters. The van der Waals surface area contributed by atoms with Crippen molar-refractivity contribution < 1.29 is 9.53 Å². The summed E-state index contributed by atoms with van der Waals surface area (Å²) in [4.78, 5) is 16.3. The first-order valence-electron chi connectivity index (χ1n) is 6.70. The van der Waals surface area contributed by atoms with Gasteiger partial charge in [0.25, 0.3) is 0 Å². The van der Waals surface area contributed by atoms with Gasteiger partial charge in [0.1, 0.15) is 5.60 Å². The molecule has 1 heterocycles. The summed E-state index contributed by atoms with van der Waals surface area (Å²) in [6, 6.07) is 5.54. The minimum absolute atomic E-state index is 0.215. The summed E-state index contributed by atoms with van der Waals surface area (Å²) in [5.41, 5.74) is 7.52. The van der Waals surface area contributed by atoms with Gasteiger partial charge in [-0.25, -0.2) is 9.78 Å². The fourth-order valence-electron chi connectivity index (χ4n) is 2.12. The zero-order valence-electron chi connectivity index (χ0n) is 12.6. The second-order valence-corrected chi connectivity index (χ2v) is 6.14. The molecule has 1 aromatic heterocycles. The van der Waals surface area contributed by atoms with Crippen LogP contribution in [-0.4, -0.2) is 21.1 Å². The third kappa shape index (κ3) is 2.76. The van der Waals surface area contributed by atoms with Gasteiger partial charge in [0.2, 0.25) is 5.95 Å². The maximum absolute atomic E-state index is 12.0. The van der Waals surface area contributed by atoms with Crippen molar-refractivity contribution in [3.63, 3.8) is 0 Å². The third-order valence-electron chi connectivity index (χ3n) is 2.87. The normalized spacial score (nSPS) is 12.1. The Labute approximate surface area is 118 Å². The first-order valence-corrected chi connectivity index (χ1v) is 6.70. The van der Waals surface area contributed by atoms with Gasteiger partial charge >= 0.3 is 5.97 Å². The van der Waals surface area contributed by atoms with Gasteiger partial charge in [0, 0.05) is 6.04 Å². The Morgan fingerprint density at radius 1 is 1.35 bits per heavy atom. The van der Waals surface area contributed by atoms with Crippen LogP contribution < -0.4 is 5.73 Å². The van der Waals surface area contributed by atoms with Crippen LogP contribution in [0.2, 0.25) is 0 Å². The fourth-order valence-corrected chi connectivity index (χ4v) is 2.12. The lowest BCUT2D eigenvalue weighted by molar-refractivity contribution is 0.00697. The van der Waals surface area contributed by atoms with Crippen molar-refractivity contribution in [2.45, 2.75) is 46.3 Å². The number of nitrogens with zero attached hydrogens (tertiary/aromatic N) is 2. The molecular weight excluding hydrogens is 254 g/mol.